The number of ether oxygens (including phenoxy) is 1. The lowest BCUT2D eigenvalue weighted by Crippen LogP contribution is -2.30. The number of anilines is 1. The zero-order valence-corrected chi connectivity index (χ0v) is 19.4. The molecule has 0 N–H and O–H groups in total. The molecule has 0 saturated heterocycles. The SMILES string of the molecule is CN(Cc1ccc(N(C)C)cc1)C(=O)COC(=O)c1ccccc1SCc1cscn1. The zero-order valence-electron chi connectivity index (χ0n) is 17.8. The summed E-state index contributed by atoms with van der Waals surface area (Å²) in [4.78, 5) is 33.7. The molecule has 31 heavy (non-hydrogen) atoms. The number of benzene rings is 2. The van der Waals surface area contributed by atoms with Crippen molar-refractivity contribution in [3.05, 3.63) is 76.2 Å². The molecule has 0 fully saturated rings. The maximum atomic E-state index is 12.6. The van der Waals surface area contributed by atoms with E-state index < -0.39 is 5.97 Å². The predicted octanol–water partition coefficient (Wildman–Crippen LogP) is 4.32. The highest BCUT2D eigenvalue weighted by molar-refractivity contribution is 7.98. The highest BCUT2D eigenvalue weighted by atomic mass is 32.2. The van der Waals surface area contributed by atoms with E-state index >= 15 is 0 Å². The van der Waals surface area contributed by atoms with E-state index in [1.54, 1.807) is 40.9 Å². The molecule has 0 aliphatic rings. The van der Waals surface area contributed by atoms with Gasteiger partial charge in [0.2, 0.25) is 0 Å². The molecule has 0 unspecified atom stereocenters. The van der Waals surface area contributed by atoms with Crippen molar-refractivity contribution in [3.8, 4) is 0 Å². The molecule has 6 nitrogen and oxygen atoms in total. The Labute approximate surface area is 190 Å². The highest BCUT2D eigenvalue weighted by Crippen LogP contribution is 2.26. The van der Waals surface area contributed by atoms with Crippen LogP contribution in [0.15, 0.2) is 64.3 Å². The summed E-state index contributed by atoms with van der Waals surface area (Å²) in [6.07, 6.45) is 0. The van der Waals surface area contributed by atoms with Crippen LogP contribution in [-0.2, 0) is 21.8 Å². The molecule has 2 aromatic carbocycles. The molecule has 0 atom stereocenters. The molecular weight excluding hydrogens is 430 g/mol. The molecular formula is C23H25N3O3S2. The number of thiazole rings is 1. The van der Waals surface area contributed by atoms with E-state index in [2.05, 4.69) is 4.98 Å². The van der Waals surface area contributed by atoms with Crippen LogP contribution in [-0.4, -0.2) is 49.5 Å². The Balaban J connectivity index is 1.53. The maximum absolute atomic E-state index is 12.6. The first-order valence-electron chi connectivity index (χ1n) is 9.70. The summed E-state index contributed by atoms with van der Waals surface area (Å²) in [5.74, 6) is -0.0849. The Hall–Kier alpha value is -2.84. The van der Waals surface area contributed by atoms with Gasteiger partial charge in [-0.15, -0.1) is 23.1 Å². The average molecular weight is 456 g/mol. The number of carbonyl (C=O) groups is 2. The van der Waals surface area contributed by atoms with E-state index in [9.17, 15) is 9.59 Å². The standard InChI is InChI=1S/C23H25N3O3S2/c1-25(2)19-10-8-17(9-11-19)12-26(3)22(27)13-29-23(28)20-6-4-5-7-21(20)31-15-18-14-30-16-24-18/h4-11,14,16H,12-13,15H2,1-3H3. The number of aromatic nitrogens is 1. The fraction of sp³-hybridized carbons (Fsp3) is 0.261. The monoisotopic (exact) mass is 455 g/mol. The predicted molar refractivity (Wildman–Crippen MR) is 126 cm³/mol. The lowest BCUT2D eigenvalue weighted by molar-refractivity contribution is -0.133. The van der Waals surface area contributed by atoms with Gasteiger partial charge in [0.25, 0.3) is 5.91 Å². The lowest BCUT2D eigenvalue weighted by atomic mass is 10.2. The zero-order chi connectivity index (χ0) is 22.2. The van der Waals surface area contributed by atoms with E-state index in [-0.39, 0.29) is 12.5 Å². The van der Waals surface area contributed by atoms with Gasteiger partial charge in [-0.1, -0.05) is 24.3 Å². The molecule has 1 amide bonds. The van der Waals surface area contributed by atoms with Crippen LogP contribution < -0.4 is 4.90 Å². The molecule has 162 valence electrons. The minimum atomic E-state index is -0.501. The van der Waals surface area contributed by atoms with Crippen LogP contribution in [0.25, 0.3) is 0 Å². The van der Waals surface area contributed by atoms with Crippen molar-refractivity contribution in [2.24, 2.45) is 0 Å². The number of thioether (sulfide) groups is 1. The fourth-order valence-electron chi connectivity index (χ4n) is 2.80. The van der Waals surface area contributed by atoms with Gasteiger partial charge in [0.15, 0.2) is 6.61 Å². The van der Waals surface area contributed by atoms with Gasteiger partial charge in [-0.25, -0.2) is 9.78 Å². The molecule has 1 heterocycles. The summed E-state index contributed by atoms with van der Waals surface area (Å²) in [6, 6.07) is 15.2. The number of nitrogens with zero attached hydrogens (tertiary/aromatic N) is 3. The average Bonchev–Trinajstić information content (AvgIpc) is 3.30. The van der Waals surface area contributed by atoms with Crippen molar-refractivity contribution in [2.75, 3.05) is 32.6 Å². The highest BCUT2D eigenvalue weighted by Gasteiger charge is 2.17. The molecule has 1 aromatic heterocycles. The van der Waals surface area contributed by atoms with Gasteiger partial charge in [-0.3, -0.25) is 4.79 Å². The molecule has 3 rings (SSSR count). The number of likely N-dealkylation sites (N-methyl/N-ethyl adjacent to an activating group) is 1. The van der Waals surface area contributed by atoms with E-state index in [1.165, 1.54) is 11.8 Å². The third-order valence-electron chi connectivity index (χ3n) is 4.59. The van der Waals surface area contributed by atoms with Crippen LogP contribution in [0.3, 0.4) is 0 Å². The number of hydrogen-bond donors (Lipinski definition) is 0. The summed E-state index contributed by atoms with van der Waals surface area (Å²) in [7, 11) is 5.66. The van der Waals surface area contributed by atoms with Crippen molar-refractivity contribution in [1.29, 1.82) is 0 Å². The van der Waals surface area contributed by atoms with Gasteiger partial charge in [-0.2, -0.15) is 0 Å². The molecule has 0 spiro atoms. The van der Waals surface area contributed by atoms with Crippen LogP contribution in [0.1, 0.15) is 21.6 Å². The van der Waals surface area contributed by atoms with E-state index in [1.807, 2.05) is 60.8 Å². The first-order valence-corrected chi connectivity index (χ1v) is 11.6. The van der Waals surface area contributed by atoms with Crippen molar-refractivity contribution < 1.29 is 14.3 Å². The van der Waals surface area contributed by atoms with Crippen LogP contribution in [0, 0.1) is 0 Å². The summed E-state index contributed by atoms with van der Waals surface area (Å²) in [6.45, 7) is 0.153. The molecule has 0 bridgehead atoms. The second-order valence-electron chi connectivity index (χ2n) is 7.15. The Bertz CT molecular complexity index is 1010. The van der Waals surface area contributed by atoms with Gasteiger partial charge in [0.1, 0.15) is 0 Å². The summed E-state index contributed by atoms with van der Waals surface area (Å²) < 4.78 is 5.31. The largest absolute Gasteiger partial charge is 0.452 e. The number of esters is 1. The number of hydrogen-bond acceptors (Lipinski definition) is 7. The summed E-state index contributed by atoms with van der Waals surface area (Å²) in [5.41, 5.74) is 5.31. The van der Waals surface area contributed by atoms with Gasteiger partial charge in [0, 0.05) is 49.4 Å². The smallest absolute Gasteiger partial charge is 0.339 e. The molecule has 8 heteroatoms. The molecule has 0 aliphatic carbocycles. The van der Waals surface area contributed by atoms with E-state index in [0.29, 0.717) is 17.9 Å². The molecule has 0 radical (unpaired) electrons. The third-order valence-corrected chi connectivity index (χ3v) is 6.33. The van der Waals surface area contributed by atoms with E-state index in [4.69, 9.17) is 4.74 Å². The Morgan fingerprint density at radius 3 is 2.48 bits per heavy atom. The third kappa shape index (κ3) is 6.57. The van der Waals surface area contributed by atoms with Gasteiger partial charge < -0.3 is 14.5 Å². The number of amides is 1. The summed E-state index contributed by atoms with van der Waals surface area (Å²) >= 11 is 3.06. The minimum absolute atomic E-state index is 0.252. The van der Waals surface area contributed by atoms with Crippen molar-refractivity contribution in [1.82, 2.24) is 9.88 Å². The van der Waals surface area contributed by atoms with Crippen molar-refractivity contribution in [3.63, 3.8) is 0 Å². The molecule has 0 aliphatic heterocycles. The van der Waals surface area contributed by atoms with Gasteiger partial charge >= 0.3 is 5.97 Å². The van der Waals surface area contributed by atoms with Crippen LogP contribution in [0.2, 0.25) is 0 Å². The van der Waals surface area contributed by atoms with Gasteiger partial charge in [0.05, 0.1) is 16.8 Å². The first-order chi connectivity index (χ1) is 14.9. The van der Waals surface area contributed by atoms with Crippen LogP contribution >= 0.6 is 23.1 Å². The summed E-state index contributed by atoms with van der Waals surface area (Å²) in [5, 5.41) is 1.98. The molecule has 0 saturated carbocycles. The quantitative estimate of drug-likeness (QED) is 0.354. The fourth-order valence-corrected chi connectivity index (χ4v) is 4.41. The Morgan fingerprint density at radius 2 is 1.81 bits per heavy atom. The Morgan fingerprint density at radius 1 is 1.06 bits per heavy atom. The topological polar surface area (TPSA) is 62.7 Å². The lowest BCUT2D eigenvalue weighted by Gasteiger charge is -2.18. The van der Waals surface area contributed by atoms with Gasteiger partial charge in [-0.05, 0) is 29.8 Å². The van der Waals surface area contributed by atoms with Crippen LogP contribution in [0.5, 0.6) is 0 Å². The van der Waals surface area contributed by atoms with E-state index in [0.717, 1.165) is 21.8 Å². The van der Waals surface area contributed by atoms with Crippen molar-refractivity contribution >= 4 is 40.7 Å². The Kier molecular flexibility index (Phi) is 8.08. The maximum Gasteiger partial charge on any atom is 0.339 e. The number of carbonyl (C=O) groups excluding carboxylic acids is 2. The second kappa shape index (κ2) is 11.0. The molecule has 3 aromatic rings. The van der Waals surface area contributed by atoms with Crippen molar-refractivity contribution in [2.45, 2.75) is 17.2 Å². The number of rotatable bonds is 9. The normalized spacial score (nSPS) is 10.5. The minimum Gasteiger partial charge on any atom is -0.452 e. The second-order valence-corrected chi connectivity index (χ2v) is 8.89. The van der Waals surface area contributed by atoms with Crippen LogP contribution in [0.4, 0.5) is 5.69 Å². The first kappa shape index (κ1) is 22.8.